The summed E-state index contributed by atoms with van der Waals surface area (Å²) >= 11 is 0. The van der Waals surface area contributed by atoms with Gasteiger partial charge in [0.05, 0.1) is 12.5 Å². The average Bonchev–Trinajstić information content (AvgIpc) is 2.53. The van der Waals surface area contributed by atoms with Crippen LogP contribution in [-0.2, 0) is 10.9 Å². The molecule has 0 aromatic heterocycles. The summed E-state index contributed by atoms with van der Waals surface area (Å²) < 4.78 is 0.898. The topological polar surface area (TPSA) is 0 Å². The number of hydrogen-bond donors (Lipinski definition) is 0. The van der Waals surface area contributed by atoms with Gasteiger partial charge in [-0.3, -0.25) is 0 Å². The molecule has 0 radical (unpaired) electrons. The lowest BCUT2D eigenvalue weighted by molar-refractivity contribution is -0.0761. The Balaban J connectivity index is 1.79. The van der Waals surface area contributed by atoms with Crippen molar-refractivity contribution in [3.05, 3.63) is 0 Å². The molecule has 4 aliphatic carbocycles. The first kappa shape index (κ1) is 6.75. The fourth-order valence-corrected chi connectivity index (χ4v) is 7.33. The van der Waals surface area contributed by atoms with Gasteiger partial charge in [0.1, 0.15) is 4.75 Å². The molecule has 0 saturated heterocycles. The molecule has 1 spiro atoms. The molecule has 5 atom stereocenters. The third-order valence-corrected chi connectivity index (χ3v) is 7.92. The Labute approximate surface area is 77.5 Å². The summed E-state index contributed by atoms with van der Waals surface area (Å²) in [6, 6.07) is 0. The van der Waals surface area contributed by atoms with Crippen molar-refractivity contribution in [2.45, 2.75) is 30.4 Å². The molecule has 0 bridgehead atoms. The van der Waals surface area contributed by atoms with Crippen LogP contribution in [0.25, 0.3) is 0 Å². The van der Waals surface area contributed by atoms with Crippen LogP contribution in [0.15, 0.2) is 0 Å². The van der Waals surface area contributed by atoms with Crippen molar-refractivity contribution in [1.82, 2.24) is 0 Å². The molecule has 1 heteroatoms. The molecule has 0 nitrogen and oxygen atoms in total. The van der Waals surface area contributed by atoms with E-state index in [2.05, 4.69) is 12.5 Å². The number of hydrogen-bond acceptors (Lipinski definition) is 0. The zero-order valence-electron chi connectivity index (χ0n) is 7.97. The quantitative estimate of drug-likeness (QED) is 0.543. The maximum Gasteiger partial charge on any atom is 0.134 e. The lowest BCUT2D eigenvalue weighted by Gasteiger charge is -2.55. The summed E-state index contributed by atoms with van der Waals surface area (Å²) in [4.78, 5) is 0. The molecule has 5 unspecified atom stereocenters. The van der Waals surface area contributed by atoms with Crippen LogP contribution in [0.1, 0.15) is 25.7 Å². The van der Waals surface area contributed by atoms with Crippen molar-refractivity contribution in [3.63, 3.8) is 0 Å². The van der Waals surface area contributed by atoms with Crippen molar-refractivity contribution in [1.29, 1.82) is 0 Å². The summed E-state index contributed by atoms with van der Waals surface area (Å²) in [5.41, 5.74) is 0.952. The van der Waals surface area contributed by atoms with E-state index in [0.29, 0.717) is 10.9 Å². The molecule has 4 aliphatic rings. The second-order valence-corrected chi connectivity index (χ2v) is 8.25. The highest BCUT2D eigenvalue weighted by atomic mass is 32.2. The Hall–Kier alpha value is 0.350. The molecular formula is C11H17S+. The molecule has 0 amide bonds. The van der Waals surface area contributed by atoms with E-state index < -0.39 is 0 Å². The highest BCUT2D eigenvalue weighted by molar-refractivity contribution is 7.97. The molecule has 0 aromatic rings. The van der Waals surface area contributed by atoms with E-state index in [1.807, 2.05) is 0 Å². The van der Waals surface area contributed by atoms with E-state index in [1.54, 1.807) is 25.7 Å². The Morgan fingerprint density at radius 1 is 1.17 bits per heavy atom. The molecule has 66 valence electrons. The Kier molecular flexibility index (Phi) is 0.851. The summed E-state index contributed by atoms with van der Waals surface area (Å²) in [6.45, 7) is 0. The first-order valence-corrected chi connectivity index (χ1v) is 7.31. The maximum atomic E-state index is 2.49. The van der Waals surface area contributed by atoms with Crippen LogP contribution < -0.4 is 0 Å². The van der Waals surface area contributed by atoms with Crippen molar-refractivity contribution < 1.29 is 0 Å². The van der Waals surface area contributed by atoms with Crippen LogP contribution in [0.5, 0.6) is 0 Å². The minimum absolute atomic E-state index is 0.715. The molecule has 0 aliphatic heterocycles. The lowest BCUT2D eigenvalue weighted by Crippen LogP contribution is -2.50. The first-order valence-electron chi connectivity index (χ1n) is 5.27. The largest absolute Gasteiger partial charge is 0.134 e. The average molecular weight is 181 g/mol. The summed E-state index contributed by atoms with van der Waals surface area (Å²) in [7, 11) is 0.715. The van der Waals surface area contributed by atoms with E-state index in [0.717, 1.165) is 10.2 Å². The van der Waals surface area contributed by atoms with Gasteiger partial charge in [-0.15, -0.1) is 0 Å². The molecule has 12 heavy (non-hydrogen) atoms. The fraction of sp³-hybridized carbons (Fsp3) is 1.00. The van der Waals surface area contributed by atoms with Crippen molar-refractivity contribution in [3.8, 4) is 0 Å². The van der Waals surface area contributed by atoms with E-state index in [4.69, 9.17) is 0 Å². The van der Waals surface area contributed by atoms with Crippen LogP contribution in [0.4, 0.5) is 0 Å². The minimum Gasteiger partial charge on any atom is -0.0468 e. The molecule has 4 saturated carbocycles. The molecule has 4 fully saturated rings. The summed E-state index contributed by atoms with van der Waals surface area (Å²) in [5, 5.41) is 0. The zero-order valence-corrected chi connectivity index (χ0v) is 8.79. The second kappa shape index (κ2) is 1.51. The second-order valence-electron chi connectivity index (χ2n) is 5.83. The van der Waals surface area contributed by atoms with Gasteiger partial charge < -0.3 is 0 Å². The van der Waals surface area contributed by atoms with E-state index in [1.165, 1.54) is 17.8 Å². The zero-order chi connectivity index (χ0) is 8.14. The van der Waals surface area contributed by atoms with Gasteiger partial charge in [-0.25, -0.2) is 0 Å². The Morgan fingerprint density at radius 2 is 1.92 bits per heavy atom. The van der Waals surface area contributed by atoms with Crippen LogP contribution >= 0.6 is 0 Å². The van der Waals surface area contributed by atoms with Crippen molar-refractivity contribution in [2.24, 2.45) is 23.2 Å². The maximum absolute atomic E-state index is 2.49. The highest BCUT2D eigenvalue weighted by Gasteiger charge is 2.91. The van der Waals surface area contributed by atoms with Crippen LogP contribution in [0.3, 0.4) is 0 Å². The molecular weight excluding hydrogens is 164 g/mol. The molecule has 0 heterocycles. The predicted molar refractivity (Wildman–Crippen MR) is 53.3 cm³/mol. The van der Waals surface area contributed by atoms with E-state index >= 15 is 0 Å². The molecule has 0 N–H and O–H groups in total. The monoisotopic (exact) mass is 181 g/mol. The summed E-state index contributed by atoms with van der Waals surface area (Å²) in [6.07, 6.45) is 11.5. The predicted octanol–water partition coefficient (Wildman–Crippen LogP) is 2.05. The van der Waals surface area contributed by atoms with Gasteiger partial charge in [-0.2, -0.15) is 0 Å². The van der Waals surface area contributed by atoms with Crippen LogP contribution in [0.2, 0.25) is 0 Å². The van der Waals surface area contributed by atoms with E-state index in [9.17, 15) is 0 Å². The molecule has 4 rings (SSSR count). The Morgan fingerprint density at radius 3 is 2.50 bits per heavy atom. The van der Waals surface area contributed by atoms with Gasteiger partial charge >= 0.3 is 0 Å². The smallest absolute Gasteiger partial charge is 0.0468 e. The number of rotatable bonds is 1. The van der Waals surface area contributed by atoms with Gasteiger partial charge in [0.2, 0.25) is 0 Å². The lowest BCUT2D eigenvalue weighted by atomic mass is 9.48. The van der Waals surface area contributed by atoms with Crippen molar-refractivity contribution in [2.75, 3.05) is 12.5 Å². The third kappa shape index (κ3) is 0.404. The fourth-order valence-electron chi connectivity index (χ4n) is 5.20. The summed E-state index contributed by atoms with van der Waals surface area (Å²) in [5.74, 6) is 3.66. The van der Waals surface area contributed by atoms with Crippen molar-refractivity contribution >= 4 is 10.9 Å². The van der Waals surface area contributed by atoms with E-state index in [-0.39, 0.29) is 0 Å². The molecule has 0 aromatic carbocycles. The van der Waals surface area contributed by atoms with Gasteiger partial charge in [0.25, 0.3) is 0 Å². The standard InChI is InChI=1S/C11H17S/c1-12(2)11-5-8-3-7-4-10(11,6-11)9(7)8/h7-9H,3-6H2,1-2H3/q+1. The normalized spacial score (nSPS) is 69.8. The van der Waals surface area contributed by atoms with Crippen LogP contribution in [0, 0.1) is 23.2 Å². The van der Waals surface area contributed by atoms with Gasteiger partial charge in [0.15, 0.2) is 0 Å². The van der Waals surface area contributed by atoms with Gasteiger partial charge in [0, 0.05) is 18.3 Å². The highest BCUT2D eigenvalue weighted by Crippen LogP contribution is 2.89. The van der Waals surface area contributed by atoms with Crippen LogP contribution in [-0.4, -0.2) is 17.3 Å². The van der Waals surface area contributed by atoms with Gasteiger partial charge in [-0.05, 0) is 41.5 Å². The Bertz CT molecular complexity index is 272. The third-order valence-electron chi connectivity index (χ3n) is 5.64. The first-order chi connectivity index (χ1) is 5.70. The van der Waals surface area contributed by atoms with Gasteiger partial charge in [-0.1, -0.05) is 0 Å². The SMILES string of the molecule is C[S+](C)C12CC3CC4CC1(C2)C43. The minimum atomic E-state index is 0.715.